The van der Waals surface area contributed by atoms with Crippen LogP contribution in [-0.2, 0) is 0 Å². The van der Waals surface area contributed by atoms with Crippen molar-refractivity contribution in [2.45, 2.75) is 6.92 Å². The second-order valence-corrected chi connectivity index (χ2v) is 4.16. The second kappa shape index (κ2) is 4.18. The average Bonchev–Trinajstić information content (AvgIpc) is 2.40. The highest BCUT2D eigenvalue weighted by Crippen LogP contribution is 2.21. The molecule has 2 nitrogen and oxygen atoms in total. The summed E-state index contributed by atoms with van der Waals surface area (Å²) in [7, 11) is 0. The molecule has 3 heteroatoms. The fourth-order valence-corrected chi connectivity index (χ4v) is 1.97. The van der Waals surface area contributed by atoms with Crippen LogP contribution >= 0.6 is 0 Å². The highest BCUT2D eigenvalue weighted by atomic mass is 19.1. The van der Waals surface area contributed by atoms with Crippen LogP contribution in [0.3, 0.4) is 0 Å². The number of halogens is 1. The molecule has 0 radical (unpaired) electrons. The minimum absolute atomic E-state index is 0.262. The molecule has 0 atom stereocenters. The van der Waals surface area contributed by atoms with E-state index in [1.165, 1.54) is 12.1 Å². The lowest BCUT2D eigenvalue weighted by Crippen LogP contribution is -1.94. The van der Waals surface area contributed by atoms with Gasteiger partial charge in [0.2, 0.25) is 0 Å². The summed E-state index contributed by atoms with van der Waals surface area (Å²) in [5.74, 6) is 0.411. The third-order valence-electron chi connectivity index (χ3n) is 2.88. The van der Waals surface area contributed by atoms with Crippen LogP contribution in [0, 0.1) is 12.7 Å². The van der Waals surface area contributed by atoms with Crippen molar-refractivity contribution in [3.63, 3.8) is 0 Å². The predicted octanol–water partition coefficient (Wildman–Crippen LogP) is 3.74. The maximum Gasteiger partial charge on any atom is 0.160 e. The van der Waals surface area contributed by atoms with Crippen LogP contribution in [0.25, 0.3) is 22.3 Å². The fraction of sp³-hybridized carbons (Fsp3) is 0.0667. The summed E-state index contributed by atoms with van der Waals surface area (Å²) in [6.07, 6.45) is 0. The molecule has 0 bridgehead atoms. The van der Waals surface area contributed by atoms with Crippen LogP contribution < -0.4 is 0 Å². The van der Waals surface area contributed by atoms with Crippen molar-refractivity contribution >= 4 is 10.9 Å². The van der Waals surface area contributed by atoms with Gasteiger partial charge in [0.25, 0.3) is 0 Å². The first-order valence-electron chi connectivity index (χ1n) is 5.73. The summed E-state index contributed by atoms with van der Waals surface area (Å²) < 4.78 is 13.2. The second-order valence-electron chi connectivity index (χ2n) is 4.16. The highest BCUT2D eigenvalue weighted by molar-refractivity contribution is 5.82. The molecule has 1 heterocycles. The topological polar surface area (TPSA) is 25.8 Å². The van der Waals surface area contributed by atoms with Gasteiger partial charge >= 0.3 is 0 Å². The van der Waals surface area contributed by atoms with E-state index in [-0.39, 0.29) is 5.82 Å². The molecular weight excluding hydrogens is 227 g/mol. The number of benzene rings is 2. The first-order chi connectivity index (χ1) is 8.74. The minimum Gasteiger partial charge on any atom is -0.233 e. The number of aromatic nitrogens is 2. The molecule has 2 aromatic carbocycles. The Labute approximate surface area is 104 Å². The predicted molar refractivity (Wildman–Crippen MR) is 69.7 cm³/mol. The van der Waals surface area contributed by atoms with E-state index in [1.807, 2.05) is 37.3 Å². The van der Waals surface area contributed by atoms with E-state index in [2.05, 4.69) is 9.97 Å². The summed E-state index contributed by atoms with van der Waals surface area (Å²) >= 11 is 0. The summed E-state index contributed by atoms with van der Waals surface area (Å²) in [6, 6.07) is 14.3. The molecule has 0 amide bonds. The monoisotopic (exact) mass is 238 g/mol. The number of nitrogens with zero attached hydrogens (tertiary/aromatic N) is 2. The van der Waals surface area contributed by atoms with E-state index in [4.69, 9.17) is 0 Å². The first kappa shape index (κ1) is 10.8. The third-order valence-corrected chi connectivity index (χ3v) is 2.88. The van der Waals surface area contributed by atoms with Crippen molar-refractivity contribution in [2.75, 3.05) is 0 Å². The largest absolute Gasteiger partial charge is 0.233 e. The Bertz CT molecular complexity index is 708. The summed E-state index contributed by atoms with van der Waals surface area (Å²) in [4.78, 5) is 8.90. The lowest BCUT2D eigenvalue weighted by molar-refractivity contribution is 0.629. The van der Waals surface area contributed by atoms with Crippen LogP contribution in [0.2, 0.25) is 0 Å². The zero-order chi connectivity index (χ0) is 12.5. The van der Waals surface area contributed by atoms with Gasteiger partial charge in [0.15, 0.2) is 5.82 Å². The number of fused-ring (bicyclic) bond motifs is 1. The van der Waals surface area contributed by atoms with Gasteiger partial charge in [-0.15, -0.1) is 0 Å². The molecule has 0 N–H and O–H groups in total. The van der Waals surface area contributed by atoms with Crippen LogP contribution in [0.5, 0.6) is 0 Å². The van der Waals surface area contributed by atoms with Crippen molar-refractivity contribution in [1.82, 2.24) is 9.97 Å². The third kappa shape index (κ3) is 1.84. The molecule has 0 aliphatic carbocycles. The fourth-order valence-electron chi connectivity index (χ4n) is 1.97. The van der Waals surface area contributed by atoms with Crippen molar-refractivity contribution in [2.24, 2.45) is 0 Å². The zero-order valence-electron chi connectivity index (χ0n) is 9.89. The van der Waals surface area contributed by atoms with E-state index in [1.54, 1.807) is 6.07 Å². The Hall–Kier alpha value is -2.29. The molecule has 0 unspecified atom stereocenters. The molecule has 0 aliphatic heterocycles. The number of aryl methyl sites for hydroxylation is 1. The molecule has 1 aromatic heterocycles. The Morgan fingerprint density at radius 2 is 1.72 bits per heavy atom. The maximum atomic E-state index is 13.2. The van der Waals surface area contributed by atoms with Crippen LogP contribution in [0.1, 0.15) is 5.69 Å². The van der Waals surface area contributed by atoms with Gasteiger partial charge in [-0.05, 0) is 25.1 Å². The van der Waals surface area contributed by atoms with Crippen LogP contribution in [0.15, 0.2) is 48.5 Å². The van der Waals surface area contributed by atoms with Gasteiger partial charge in [-0.25, -0.2) is 14.4 Å². The van der Waals surface area contributed by atoms with Gasteiger partial charge in [-0.1, -0.05) is 30.3 Å². The van der Waals surface area contributed by atoms with E-state index in [0.717, 1.165) is 22.2 Å². The van der Waals surface area contributed by atoms with Gasteiger partial charge in [0.05, 0.1) is 5.52 Å². The summed E-state index contributed by atoms with van der Waals surface area (Å²) in [5.41, 5.74) is 2.52. The zero-order valence-corrected chi connectivity index (χ0v) is 9.89. The highest BCUT2D eigenvalue weighted by Gasteiger charge is 2.06. The molecular formula is C15H11FN2. The molecule has 18 heavy (non-hydrogen) atoms. The lowest BCUT2D eigenvalue weighted by Gasteiger charge is -2.05. The number of rotatable bonds is 1. The van der Waals surface area contributed by atoms with Gasteiger partial charge in [-0.2, -0.15) is 0 Å². The number of hydrogen-bond acceptors (Lipinski definition) is 2. The normalized spacial score (nSPS) is 10.8. The van der Waals surface area contributed by atoms with Crippen molar-refractivity contribution in [3.8, 4) is 11.4 Å². The van der Waals surface area contributed by atoms with Gasteiger partial charge < -0.3 is 0 Å². The smallest absolute Gasteiger partial charge is 0.160 e. The lowest BCUT2D eigenvalue weighted by atomic mass is 10.1. The quantitative estimate of drug-likeness (QED) is 0.645. The van der Waals surface area contributed by atoms with E-state index in [0.29, 0.717) is 5.82 Å². The van der Waals surface area contributed by atoms with E-state index < -0.39 is 0 Å². The molecule has 3 rings (SSSR count). The van der Waals surface area contributed by atoms with Crippen LogP contribution in [0.4, 0.5) is 4.39 Å². The van der Waals surface area contributed by atoms with Crippen LogP contribution in [-0.4, -0.2) is 9.97 Å². The van der Waals surface area contributed by atoms with Gasteiger partial charge in [-0.3, -0.25) is 0 Å². The maximum absolute atomic E-state index is 13.2. The molecule has 0 aliphatic rings. The van der Waals surface area contributed by atoms with Crippen molar-refractivity contribution in [3.05, 3.63) is 60.0 Å². The Morgan fingerprint density at radius 1 is 0.944 bits per heavy atom. The Balaban J connectivity index is 2.25. The minimum atomic E-state index is -0.262. The SMILES string of the molecule is Cc1nc(-c2ccccc2)nc2ccc(F)cc12. The molecule has 0 spiro atoms. The molecule has 88 valence electrons. The van der Waals surface area contributed by atoms with Gasteiger partial charge in [0, 0.05) is 16.6 Å². The molecule has 0 saturated heterocycles. The average molecular weight is 238 g/mol. The Morgan fingerprint density at radius 3 is 2.50 bits per heavy atom. The molecule has 0 fully saturated rings. The molecule has 0 saturated carbocycles. The molecule has 3 aromatic rings. The summed E-state index contributed by atoms with van der Waals surface area (Å²) in [5, 5.41) is 0.759. The van der Waals surface area contributed by atoms with Gasteiger partial charge in [0.1, 0.15) is 5.82 Å². The van der Waals surface area contributed by atoms with Crippen molar-refractivity contribution in [1.29, 1.82) is 0 Å². The Kier molecular flexibility index (Phi) is 2.52. The standard InChI is InChI=1S/C15H11FN2/c1-10-13-9-12(16)7-8-14(13)18-15(17-10)11-5-3-2-4-6-11/h2-9H,1H3. The first-order valence-corrected chi connectivity index (χ1v) is 5.73. The van der Waals surface area contributed by atoms with E-state index in [9.17, 15) is 4.39 Å². The summed E-state index contributed by atoms with van der Waals surface area (Å²) in [6.45, 7) is 1.87. The number of hydrogen-bond donors (Lipinski definition) is 0. The van der Waals surface area contributed by atoms with E-state index >= 15 is 0 Å². The van der Waals surface area contributed by atoms with Crippen molar-refractivity contribution < 1.29 is 4.39 Å².